The first-order valence-electron chi connectivity index (χ1n) is 9.18. The zero-order chi connectivity index (χ0) is 20.9. The number of halogens is 3. The summed E-state index contributed by atoms with van der Waals surface area (Å²) in [6.45, 7) is 1.16. The number of alkyl halides is 3. The highest BCUT2D eigenvalue weighted by atomic mass is 19.4. The third-order valence-corrected chi connectivity index (χ3v) is 4.62. The molecule has 1 aliphatic heterocycles. The zero-order valence-electron chi connectivity index (χ0n) is 15.9. The zero-order valence-corrected chi connectivity index (χ0v) is 15.9. The lowest BCUT2D eigenvalue weighted by Crippen LogP contribution is -2.48. The van der Waals surface area contributed by atoms with E-state index in [4.69, 9.17) is 14.2 Å². The molecule has 1 fully saturated rings. The number of benzene rings is 2. The monoisotopic (exact) mass is 409 g/mol. The van der Waals surface area contributed by atoms with Crippen LogP contribution in [0.4, 0.5) is 13.2 Å². The lowest BCUT2D eigenvalue weighted by atomic mass is 10.1. The lowest BCUT2D eigenvalue weighted by Gasteiger charge is -2.33. The number of para-hydroxylation sites is 1. The van der Waals surface area contributed by atoms with Crippen molar-refractivity contribution in [2.24, 2.45) is 0 Å². The quantitative estimate of drug-likeness (QED) is 0.732. The van der Waals surface area contributed by atoms with Crippen LogP contribution in [0, 0.1) is 0 Å². The Balaban J connectivity index is 1.56. The Kier molecular flexibility index (Phi) is 6.64. The van der Waals surface area contributed by atoms with Gasteiger partial charge in [0.15, 0.2) is 0 Å². The summed E-state index contributed by atoms with van der Waals surface area (Å²) in [6.07, 6.45) is -4.65. The van der Waals surface area contributed by atoms with Crippen molar-refractivity contribution in [2.75, 3.05) is 33.4 Å². The number of ether oxygens (including phenoxy) is 3. The van der Waals surface area contributed by atoms with Crippen molar-refractivity contribution < 1.29 is 32.2 Å². The van der Waals surface area contributed by atoms with Crippen LogP contribution in [0.5, 0.6) is 11.5 Å². The first-order valence-corrected chi connectivity index (χ1v) is 9.18. The number of methoxy groups -OCH3 is 1. The second kappa shape index (κ2) is 9.17. The van der Waals surface area contributed by atoms with E-state index in [1.165, 1.54) is 12.1 Å². The van der Waals surface area contributed by atoms with Gasteiger partial charge in [0.25, 0.3) is 0 Å². The minimum Gasteiger partial charge on any atom is -0.496 e. The van der Waals surface area contributed by atoms with Crippen LogP contribution in [0.2, 0.25) is 0 Å². The Hall–Kier alpha value is -2.74. The molecule has 1 aliphatic rings. The molecule has 3 rings (SSSR count). The number of hydrogen-bond donors (Lipinski definition) is 0. The van der Waals surface area contributed by atoms with Crippen molar-refractivity contribution in [3.8, 4) is 11.5 Å². The molecule has 0 N–H and O–H groups in total. The summed E-state index contributed by atoms with van der Waals surface area (Å²) in [5.74, 6) is 0.696. The van der Waals surface area contributed by atoms with Crippen LogP contribution in [-0.2, 0) is 22.1 Å². The molecule has 2 aromatic rings. The SMILES string of the molecule is COc1ccccc1CC(=O)N1CCOC(COc2cccc(C(F)(F)F)c2)C1. The van der Waals surface area contributed by atoms with E-state index >= 15 is 0 Å². The summed E-state index contributed by atoms with van der Waals surface area (Å²) in [4.78, 5) is 14.3. The number of morpholine rings is 1. The predicted octanol–water partition coefficient (Wildman–Crippen LogP) is 3.56. The van der Waals surface area contributed by atoms with Crippen LogP contribution in [0.25, 0.3) is 0 Å². The van der Waals surface area contributed by atoms with Gasteiger partial charge in [0, 0.05) is 12.1 Å². The fraction of sp³-hybridized carbons (Fsp3) is 0.381. The largest absolute Gasteiger partial charge is 0.496 e. The highest BCUT2D eigenvalue weighted by Crippen LogP contribution is 2.31. The maximum Gasteiger partial charge on any atom is 0.416 e. The molecule has 8 heteroatoms. The van der Waals surface area contributed by atoms with Crippen LogP contribution >= 0.6 is 0 Å². The minimum absolute atomic E-state index is 0.0553. The summed E-state index contributed by atoms with van der Waals surface area (Å²) in [5, 5.41) is 0. The normalized spacial score (nSPS) is 17.1. The lowest BCUT2D eigenvalue weighted by molar-refractivity contribution is -0.140. The number of amides is 1. The average molecular weight is 409 g/mol. The molecule has 156 valence electrons. The number of carbonyl (C=O) groups excluding carboxylic acids is 1. The molecule has 2 aromatic carbocycles. The van der Waals surface area contributed by atoms with Gasteiger partial charge in [-0.25, -0.2) is 0 Å². The minimum atomic E-state index is -4.43. The standard InChI is InChI=1S/C21H22F3NO4/c1-27-19-8-3-2-5-15(19)11-20(26)25-9-10-28-18(13-25)14-29-17-7-4-6-16(12-17)21(22,23)24/h2-8,12,18H,9-11,13-14H2,1H3. The molecule has 0 saturated carbocycles. The van der Waals surface area contributed by atoms with E-state index in [1.54, 1.807) is 18.1 Å². The Morgan fingerprint density at radius 1 is 1.21 bits per heavy atom. The molecule has 0 aliphatic carbocycles. The molecular formula is C21H22F3NO4. The molecule has 1 saturated heterocycles. The van der Waals surface area contributed by atoms with Crippen molar-refractivity contribution in [3.05, 3.63) is 59.7 Å². The van der Waals surface area contributed by atoms with Gasteiger partial charge >= 0.3 is 6.18 Å². The van der Waals surface area contributed by atoms with Gasteiger partial charge in [-0.05, 0) is 24.3 Å². The molecule has 0 bridgehead atoms. The van der Waals surface area contributed by atoms with Crippen LogP contribution in [0.1, 0.15) is 11.1 Å². The molecule has 0 radical (unpaired) electrons. The van der Waals surface area contributed by atoms with Crippen molar-refractivity contribution >= 4 is 5.91 Å². The maximum absolute atomic E-state index is 12.8. The first-order chi connectivity index (χ1) is 13.9. The van der Waals surface area contributed by atoms with Gasteiger partial charge in [0.05, 0.1) is 32.2 Å². The van der Waals surface area contributed by atoms with Gasteiger partial charge in [-0.15, -0.1) is 0 Å². The van der Waals surface area contributed by atoms with Crippen LogP contribution in [-0.4, -0.2) is 50.3 Å². The van der Waals surface area contributed by atoms with Crippen LogP contribution in [0.3, 0.4) is 0 Å². The van der Waals surface area contributed by atoms with Crippen LogP contribution in [0.15, 0.2) is 48.5 Å². The first kappa shape index (κ1) is 21.0. The summed E-state index contributed by atoms with van der Waals surface area (Å²) >= 11 is 0. The molecule has 1 atom stereocenters. The maximum atomic E-state index is 12.8. The predicted molar refractivity (Wildman–Crippen MR) is 100.0 cm³/mol. The van der Waals surface area contributed by atoms with Gasteiger partial charge in [-0.3, -0.25) is 4.79 Å². The summed E-state index contributed by atoms with van der Waals surface area (Å²) in [5.41, 5.74) is 0.0245. The van der Waals surface area contributed by atoms with Crippen molar-refractivity contribution in [3.63, 3.8) is 0 Å². The number of nitrogens with zero attached hydrogens (tertiary/aromatic N) is 1. The molecular weight excluding hydrogens is 387 g/mol. The molecule has 1 heterocycles. The van der Waals surface area contributed by atoms with Crippen molar-refractivity contribution in [1.29, 1.82) is 0 Å². The van der Waals surface area contributed by atoms with Crippen LogP contribution < -0.4 is 9.47 Å². The van der Waals surface area contributed by atoms with E-state index in [9.17, 15) is 18.0 Å². The number of rotatable bonds is 6. The fourth-order valence-electron chi connectivity index (χ4n) is 3.12. The van der Waals surface area contributed by atoms with E-state index in [1.807, 2.05) is 18.2 Å². The Morgan fingerprint density at radius 3 is 2.76 bits per heavy atom. The Labute approximate surface area is 167 Å². The molecule has 1 unspecified atom stereocenters. The topological polar surface area (TPSA) is 48.0 Å². The summed E-state index contributed by atoms with van der Waals surface area (Å²) in [6, 6.07) is 12.0. The average Bonchev–Trinajstić information content (AvgIpc) is 2.72. The highest BCUT2D eigenvalue weighted by Gasteiger charge is 2.31. The second-order valence-electron chi connectivity index (χ2n) is 6.66. The second-order valence-corrected chi connectivity index (χ2v) is 6.66. The van der Waals surface area contributed by atoms with E-state index in [-0.39, 0.29) is 24.7 Å². The van der Waals surface area contributed by atoms with Gasteiger partial charge in [0.2, 0.25) is 5.91 Å². The Bertz CT molecular complexity index is 841. The van der Waals surface area contributed by atoms with E-state index in [0.717, 1.165) is 17.7 Å². The van der Waals surface area contributed by atoms with Gasteiger partial charge in [-0.1, -0.05) is 24.3 Å². The van der Waals surface area contributed by atoms with Gasteiger partial charge in [0.1, 0.15) is 24.2 Å². The smallest absolute Gasteiger partial charge is 0.416 e. The van der Waals surface area contributed by atoms with E-state index < -0.39 is 17.8 Å². The van der Waals surface area contributed by atoms with E-state index in [2.05, 4.69) is 0 Å². The fourth-order valence-corrected chi connectivity index (χ4v) is 3.12. The van der Waals surface area contributed by atoms with E-state index in [0.29, 0.717) is 25.4 Å². The number of hydrogen-bond acceptors (Lipinski definition) is 4. The van der Waals surface area contributed by atoms with Crippen molar-refractivity contribution in [2.45, 2.75) is 18.7 Å². The molecule has 29 heavy (non-hydrogen) atoms. The Morgan fingerprint density at radius 2 is 2.00 bits per heavy atom. The number of carbonyl (C=O) groups is 1. The highest BCUT2D eigenvalue weighted by molar-refractivity contribution is 5.79. The molecule has 5 nitrogen and oxygen atoms in total. The molecule has 0 aromatic heterocycles. The summed E-state index contributed by atoms with van der Waals surface area (Å²) < 4.78 is 54.8. The molecule has 0 spiro atoms. The molecule has 1 amide bonds. The van der Waals surface area contributed by atoms with Gasteiger partial charge < -0.3 is 19.1 Å². The third kappa shape index (κ3) is 5.63. The van der Waals surface area contributed by atoms with Gasteiger partial charge in [-0.2, -0.15) is 13.2 Å². The third-order valence-electron chi connectivity index (χ3n) is 4.62. The summed E-state index contributed by atoms with van der Waals surface area (Å²) in [7, 11) is 1.55. The van der Waals surface area contributed by atoms with Crippen molar-refractivity contribution in [1.82, 2.24) is 4.90 Å².